The van der Waals surface area contributed by atoms with Gasteiger partial charge in [0.1, 0.15) is 4.90 Å². The predicted molar refractivity (Wildman–Crippen MR) is 87.1 cm³/mol. The molecule has 1 saturated heterocycles. The van der Waals surface area contributed by atoms with Crippen LogP contribution in [0.15, 0.2) is 34.2 Å². The molecule has 2 heterocycles. The van der Waals surface area contributed by atoms with Crippen LogP contribution in [-0.2, 0) is 10.0 Å². The summed E-state index contributed by atoms with van der Waals surface area (Å²) in [6, 6.07) is 7.17. The smallest absolute Gasteiger partial charge is 0.268 e. The number of sulfonamides is 1. The second-order valence-corrected chi connectivity index (χ2v) is 7.63. The van der Waals surface area contributed by atoms with Crippen LogP contribution in [0.2, 0.25) is 0 Å². The molecule has 0 saturated carbocycles. The van der Waals surface area contributed by atoms with Crippen molar-refractivity contribution in [3.05, 3.63) is 24.3 Å². The lowest BCUT2D eigenvalue weighted by Crippen LogP contribution is -2.40. The monoisotopic (exact) mass is 405 g/mol. The highest BCUT2D eigenvalue weighted by atomic mass is 127. The molecule has 1 fully saturated rings. The van der Waals surface area contributed by atoms with E-state index in [1.165, 1.54) is 4.31 Å². The quantitative estimate of drug-likeness (QED) is 0.573. The van der Waals surface area contributed by atoms with Gasteiger partial charge in [-0.1, -0.05) is 41.6 Å². The van der Waals surface area contributed by atoms with Gasteiger partial charge in [0.05, 0.1) is 18.3 Å². The van der Waals surface area contributed by atoms with Crippen molar-refractivity contribution < 1.29 is 8.42 Å². The molecule has 0 aromatic heterocycles. The Morgan fingerprint density at radius 1 is 1.40 bits per heavy atom. The Bertz CT molecular complexity index is 659. The first-order valence-corrected chi connectivity index (χ1v) is 9.59. The number of hydrogen-bond donors (Lipinski definition) is 0. The Balaban J connectivity index is 2.14. The fourth-order valence-electron chi connectivity index (χ4n) is 2.65. The van der Waals surface area contributed by atoms with Crippen LogP contribution in [0.1, 0.15) is 13.3 Å². The van der Waals surface area contributed by atoms with Crippen molar-refractivity contribution in [3.63, 3.8) is 0 Å². The molecule has 1 atom stereocenters. The Hall–Kier alpha value is -0.830. The number of benzene rings is 1. The Kier molecular flexibility index (Phi) is 3.65. The predicted octanol–water partition coefficient (Wildman–Crippen LogP) is 2.21. The van der Waals surface area contributed by atoms with E-state index in [2.05, 4.69) is 39.4 Å². The molecule has 3 rings (SSSR count). The van der Waals surface area contributed by atoms with Gasteiger partial charge in [-0.25, -0.2) is 17.7 Å². The third-order valence-electron chi connectivity index (χ3n) is 3.59. The zero-order valence-electron chi connectivity index (χ0n) is 11.2. The average Bonchev–Trinajstić information content (AvgIpc) is 2.79. The molecule has 0 aliphatic carbocycles. The van der Waals surface area contributed by atoms with Gasteiger partial charge in [-0.3, -0.25) is 0 Å². The minimum absolute atomic E-state index is 0.207. The highest BCUT2D eigenvalue weighted by molar-refractivity contribution is 14.1. The van der Waals surface area contributed by atoms with Crippen molar-refractivity contribution in [2.45, 2.75) is 24.3 Å². The van der Waals surface area contributed by atoms with Crippen LogP contribution in [0.3, 0.4) is 0 Å². The van der Waals surface area contributed by atoms with Crippen molar-refractivity contribution in [3.8, 4) is 0 Å². The first kappa shape index (κ1) is 14.1. The summed E-state index contributed by atoms with van der Waals surface area (Å²) in [6.45, 7) is 3.43. The summed E-state index contributed by atoms with van der Waals surface area (Å²) in [6.07, 6.45) is 0.974. The van der Waals surface area contributed by atoms with Crippen LogP contribution in [0.25, 0.3) is 0 Å². The maximum absolute atomic E-state index is 12.7. The van der Waals surface area contributed by atoms with Gasteiger partial charge in [-0.2, -0.15) is 0 Å². The van der Waals surface area contributed by atoms with Crippen LogP contribution in [0.5, 0.6) is 0 Å². The number of alkyl halides is 1. The lowest BCUT2D eigenvalue weighted by molar-refractivity contribution is 0.376. The Morgan fingerprint density at radius 2 is 2.15 bits per heavy atom. The number of hydrogen-bond acceptors (Lipinski definition) is 4. The van der Waals surface area contributed by atoms with Crippen molar-refractivity contribution >= 4 is 44.3 Å². The molecule has 108 valence electrons. The van der Waals surface area contributed by atoms with E-state index in [0.717, 1.165) is 17.4 Å². The van der Waals surface area contributed by atoms with Crippen LogP contribution in [0.4, 0.5) is 5.69 Å². The number of fused-ring (bicyclic) bond motifs is 2. The number of halogens is 1. The van der Waals surface area contributed by atoms with Crippen molar-refractivity contribution in [1.82, 2.24) is 9.21 Å². The molecular formula is C13H16IN3O2S. The molecule has 0 bridgehead atoms. The van der Waals surface area contributed by atoms with Gasteiger partial charge in [-0.15, -0.1) is 0 Å². The lowest BCUT2D eigenvalue weighted by Gasteiger charge is -2.27. The van der Waals surface area contributed by atoms with E-state index in [1.807, 2.05) is 6.07 Å². The Morgan fingerprint density at radius 3 is 2.85 bits per heavy atom. The highest BCUT2D eigenvalue weighted by Crippen LogP contribution is 2.36. The standard InChI is InChI=1S/C13H16IN3O2S/c1-2-7-16-10(8-14)9-17-13(16)15-11-5-3-4-6-12(11)20(17,18)19/h3-6,10H,2,7-9H2,1H3. The maximum atomic E-state index is 12.7. The number of aliphatic imine (C=N–C) groups is 1. The van der Waals surface area contributed by atoms with Crippen LogP contribution in [-0.4, -0.2) is 47.1 Å². The van der Waals surface area contributed by atoms with E-state index < -0.39 is 10.0 Å². The normalized spacial score (nSPS) is 23.3. The topological polar surface area (TPSA) is 53.0 Å². The summed E-state index contributed by atoms with van der Waals surface area (Å²) in [7, 11) is -3.46. The molecule has 0 spiro atoms. The molecule has 20 heavy (non-hydrogen) atoms. The van der Waals surface area contributed by atoms with Gasteiger partial charge in [0.25, 0.3) is 10.0 Å². The largest absolute Gasteiger partial charge is 0.336 e. The summed E-state index contributed by atoms with van der Waals surface area (Å²) in [4.78, 5) is 7.03. The highest BCUT2D eigenvalue weighted by Gasteiger charge is 2.44. The molecular weight excluding hydrogens is 389 g/mol. The molecule has 2 aliphatic heterocycles. The number of guanidine groups is 1. The van der Waals surface area contributed by atoms with Crippen LogP contribution in [0, 0.1) is 0 Å². The summed E-state index contributed by atoms with van der Waals surface area (Å²) in [5, 5.41) is 0. The molecule has 0 amide bonds. The van der Waals surface area contributed by atoms with Crippen molar-refractivity contribution in [1.29, 1.82) is 0 Å². The molecule has 5 nitrogen and oxygen atoms in total. The SMILES string of the molecule is CCCN1C2=Nc3ccccc3S(=O)(=O)N2CC1CI. The summed E-state index contributed by atoms with van der Waals surface area (Å²) < 4.78 is 27.8. The van der Waals surface area contributed by atoms with Crippen molar-refractivity contribution in [2.24, 2.45) is 4.99 Å². The molecule has 2 aliphatic rings. The summed E-state index contributed by atoms with van der Waals surface area (Å²) in [5.74, 6) is 0.590. The van der Waals surface area contributed by atoms with E-state index >= 15 is 0 Å². The lowest BCUT2D eigenvalue weighted by atomic mass is 10.3. The minimum atomic E-state index is -3.46. The van der Waals surface area contributed by atoms with Gasteiger partial charge < -0.3 is 4.90 Å². The molecule has 1 unspecified atom stereocenters. The maximum Gasteiger partial charge on any atom is 0.268 e. The number of rotatable bonds is 3. The number of nitrogens with zero attached hydrogens (tertiary/aromatic N) is 3. The van der Waals surface area contributed by atoms with Crippen LogP contribution < -0.4 is 0 Å². The van der Waals surface area contributed by atoms with E-state index in [0.29, 0.717) is 23.1 Å². The zero-order chi connectivity index (χ0) is 14.3. The third-order valence-corrected chi connectivity index (χ3v) is 6.40. The fourth-order valence-corrected chi connectivity index (χ4v) is 5.00. The van der Waals surface area contributed by atoms with Gasteiger partial charge in [0, 0.05) is 11.0 Å². The van der Waals surface area contributed by atoms with Crippen molar-refractivity contribution in [2.75, 3.05) is 17.5 Å². The summed E-state index contributed by atoms with van der Waals surface area (Å²) in [5.41, 5.74) is 0.550. The molecule has 1 aromatic carbocycles. The van der Waals surface area contributed by atoms with Gasteiger partial charge in [-0.05, 0) is 18.6 Å². The Labute approximate surface area is 132 Å². The molecule has 1 aromatic rings. The number of para-hydroxylation sites is 1. The molecule has 0 radical (unpaired) electrons. The first-order chi connectivity index (χ1) is 9.59. The molecule has 7 heteroatoms. The van der Waals surface area contributed by atoms with Gasteiger partial charge in [0.15, 0.2) is 0 Å². The second kappa shape index (κ2) is 5.18. The second-order valence-electron chi connectivity index (χ2n) is 4.92. The third kappa shape index (κ3) is 2.02. The first-order valence-electron chi connectivity index (χ1n) is 6.62. The van der Waals surface area contributed by atoms with Crippen LogP contribution >= 0.6 is 22.6 Å². The van der Waals surface area contributed by atoms with Gasteiger partial charge in [0.2, 0.25) is 5.96 Å². The average molecular weight is 405 g/mol. The minimum Gasteiger partial charge on any atom is -0.336 e. The van der Waals surface area contributed by atoms with Gasteiger partial charge >= 0.3 is 0 Å². The van der Waals surface area contributed by atoms with E-state index in [9.17, 15) is 8.42 Å². The summed E-state index contributed by atoms with van der Waals surface area (Å²) >= 11 is 2.31. The van der Waals surface area contributed by atoms with E-state index in [-0.39, 0.29) is 6.04 Å². The van der Waals surface area contributed by atoms with E-state index in [1.54, 1.807) is 18.2 Å². The molecule has 0 N–H and O–H groups in total. The van der Waals surface area contributed by atoms with E-state index in [4.69, 9.17) is 0 Å². The fraction of sp³-hybridized carbons (Fsp3) is 0.462. The zero-order valence-corrected chi connectivity index (χ0v) is 14.1.